The summed E-state index contributed by atoms with van der Waals surface area (Å²) in [5, 5.41) is 0. The van der Waals surface area contributed by atoms with Gasteiger partial charge in [-0.25, -0.2) is 0 Å². The molecule has 6 heteroatoms. The van der Waals surface area contributed by atoms with Crippen LogP contribution in [0.25, 0.3) is 0 Å². The predicted octanol–water partition coefficient (Wildman–Crippen LogP) is 4.93. The van der Waals surface area contributed by atoms with E-state index in [1.165, 1.54) is 0 Å². The van der Waals surface area contributed by atoms with Gasteiger partial charge in [-0.3, -0.25) is 0 Å². The van der Waals surface area contributed by atoms with E-state index in [1.807, 2.05) is 11.4 Å². The van der Waals surface area contributed by atoms with Crippen molar-refractivity contribution in [3.05, 3.63) is 36.0 Å². The number of hydrogen-bond donors (Lipinski definition) is 0. The number of hydrogen-bond acceptors (Lipinski definition) is 2. The molecule has 0 unspecified atom stereocenters. The first-order valence-corrected chi connectivity index (χ1v) is 19.1. The molecular formula is C14H32O2Si4. The van der Waals surface area contributed by atoms with Crippen LogP contribution < -0.4 is 0 Å². The zero-order chi connectivity index (χ0) is 16.2. The van der Waals surface area contributed by atoms with Crippen molar-refractivity contribution in [3.63, 3.8) is 0 Å². The van der Waals surface area contributed by atoms with Crippen molar-refractivity contribution in [1.82, 2.24) is 0 Å². The molecule has 0 bridgehead atoms. The average Bonchev–Trinajstić information content (AvgIpc) is 2.24. The second kappa shape index (κ2) is 6.85. The molecule has 116 valence electrons. The second-order valence-corrected chi connectivity index (χ2v) is 23.3. The lowest BCUT2D eigenvalue weighted by molar-refractivity contribution is 0.565. The first kappa shape index (κ1) is 20.0. The quantitative estimate of drug-likeness (QED) is 0.581. The maximum atomic E-state index is 6.36. The minimum absolute atomic E-state index is 1.72. The molecule has 0 atom stereocenters. The molecule has 0 radical (unpaired) electrons. The minimum atomic E-state index is -1.80. The monoisotopic (exact) mass is 344 g/mol. The predicted molar refractivity (Wildman–Crippen MR) is 102 cm³/mol. The molecule has 0 aliphatic rings. The largest absolute Gasteiger partial charge is 0.449 e. The lowest BCUT2D eigenvalue weighted by atomic mass is 11.2. The Hall–Kier alpha value is 0.00753. The molecule has 0 amide bonds. The van der Waals surface area contributed by atoms with Gasteiger partial charge in [-0.05, 0) is 52.4 Å². The molecule has 0 aliphatic heterocycles. The van der Waals surface area contributed by atoms with E-state index >= 15 is 0 Å². The van der Waals surface area contributed by atoms with Crippen LogP contribution in [0.4, 0.5) is 0 Å². The summed E-state index contributed by atoms with van der Waals surface area (Å²) >= 11 is 0. The van der Waals surface area contributed by atoms with Crippen molar-refractivity contribution in [2.24, 2.45) is 0 Å². The molecule has 0 spiro atoms. The van der Waals surface area contributed by atoms with Crippen molar-refractivity contribution >= 4 is 33.3 Å². The van der Waals surface area contributed by atoms with Crippen LogP contribution in [0.1, 0.15) is 0 Å². The highest BCUT2D eigenvalue weighted by molar-refractivity contribution is 6.92. The second-order valence-electron chi connectivity index (χ2n) is 7.36. The van der Waals surface area contributed by atoms with Crippen LogP contribution in [0.15, 0.2) is 36.0 Å². The lowest BCUT2D eigenvalue weighted by Gasteiger charge is -2.32. The first-order chi connectivity index (χ1) is 8.74. The van der Waals surface area contributed by atoms with Crippen molar-refractivity contribution in [3.8, 4) is 0 Å². The fraction of sp³-hybridized carbons (Fsp3) is 0.571. The lowest BCUT2D eigenvalue weighted by Crippen LogP contribution is -2.45. The van der Waals surface area contributed by atoms with E-state index in [2.05, 4.69) is 76.9 Å². The highest BCUT2D eigenvalue weighted by Gasteiger charge is 2.32. The van der Waals surface area contributed by atoms with Crippen molar-refractivity contribution in [2.75, 3.05) is 0 Å². The van der Waals surface area contributed by atoms with Gasteiger partial charge in [0.25, 0.3) is 0 Å². The third kappa shape index (κ3) is 8.33. The SMILES string of the molecule is C=C[Si](C)(C)O[Si](C)(C)/C=C/[Si](C)(C)O[Si](C)(C)C=C. The Bertz CT molecular complexity index is 349. The summed E-state index contributed by atoms with van der Waals surface area (Å²) in [4.78, 5) is 0. The Kier molecular flexibility index (Phi) is 6.85. The first-order valence-electron chi connectivity index (χ1n) is 7.12. The summed E-state index contributed by atoms with van der Waals surface area (Å²) in [6, 6.07) is 0. The Morgan fingerprint density at radius 3 is 1.00 bits per heavy atom. The van der Waals surface area contributed by atoms with E-state index < -0.39 is 33.3 Å². The zero-order valence-electron chi connectivity index (χ0n) is 14.5. The Morgan fingerprint density at radius 1 is 0.550 bits per heavy atom. The fourth-order valence-electron chi connectivity index (χ4n) is 1.91. The standard InChI is InChI=1S/C14H32O2Si4/c1-11-17(3,4)15-19(7,8)13-14-20(9,10)16-18(5,6)12-2/h11-14H,1-2H2,3-10H3/b14-13+. The summed E-state index contributed by atoms with van der Waals surface area (Å²) < 4.78 is 12.7. The highest BCUT2D eigenvalue weighted by Crippen LogP contribution is 2.20. The van der Waals surface area contributed by atoms with Gasteiger partial charge >= 0.3 is 0 Å². The van der Waals surface area contributed by atoms with Gasteiger partial charge in [0.1, 0.15) is 0 Å². The fourth-order valence-corrected chi connectivity index (χ4v) is 17.2. The van der Waals surface area contributed by atoms with Crippen LogP contribution in [-0.2, 0) is 8.23 Å². The Morgan fingerprint density at radius 2 is 0.800 bits per heavy atom. The summed E-state index contributed by atoms with van der Waals surface area (Å²) in [6.45, 7) is 25.5. The van der Waals surface area contributed by atoms with Crippen LogP contribution in [0.3, 0.4) is 0 Å². The van der Waals surface area contributed by atoms with E-state index in [1.54, 1.807) is 0 Å². The summed E-state index contributed by atoms with van der Waals surface area (Å²) in [7, 11) is -7.04. The van der Waals surface area contributed by atoms with E-state index in [0.717, 1.165) is 0 Å². The van der Waals surface area contributed by atoms with Gasteiger partial charge in [-0.1, -0.05) is 22.8 Å². The Balaban J connectivity index is 4.91. The number of rotatable bonds is 8. The molecule has 0 aromatic rings. The van der Waals surface area contributed by atoms with E-state index in [0.29, 0.717) is 0 Å². The topological polar surface area (TPSA) is 18.5 Å². The van der Waals surface area contributed by atoms with E-state index in [4.69, 9.17) is 8.23 Å². The van der Waals surface area contributed by atoms with Crippen LogP contribution in [0.5, 0.6) is 0 Å². The maximum absolute atomic E-state index is 6.36. The van der Waals surface area contributed by atoms with Crippen molar-refractivity contribution < 1.29 is 8.23 Å². The molecule has 20 heavy (non-hydrogen) atoms. The van der Waals surface area contributed by atoms with Gasteiger partial charge in [0, 0.05) is 0 Å². The minimum Gasteiger partial charge on any atom is -0.449 e. The van der Waals surface area contributed by atoms with Gasteiger partial charge in [0.15, 0.2) is 33.3 Å². The van der Waals surface area contributed by atoms with Gasteiger partial charge in [-0.15, -0.1) is 13.2 Å². The highest BCUT2D eigenvalue weighted by atomic mass is 28.4. The third-order valence-corrected chi connectivity index (χ3v) is 15.6. The Labute approximate surface area is 130 Å². The van der Waals surface area contributed by atoms with Crippen molar-refractivity contribution in [1.29, 1.82) is 0 Å². The maximum Gasteiger partial charge on any atom is 0.198 e. The smallest absolute Gasteiger partial charge is 0.198 e. The van der Waals surface area contributed by atoms with Gasteiger partial charge in [0.05, 0.1) is 0 Å². The molecule has 0 aromatic carbocycles. The van der Waals surface area contributed by atoms with Crippen LogP contribution in [0, 0.1) is 0 Å². The normalized spacial score (nSPS) is 14.6. The molecule has 0 aromatic heterocycles. The van der Waals surface area contributed by atoms with Gasteiger partial charge in [0.2, 0.25) is 0 Å². The van der Waals surface area contributed by atoms with Gasteiger partial charge in [-0.2, -0.15) is 0 Å². The van der Waals surface area contributed by atoms with Crippen LogP contribution in [-0.4, -0.2) is 33.3 Å². The molecule has 0 fully saturated rings. The van der Waals surface area contributed by atoms with E-state index in [9.17, 15) is 0 Å². The summed E-state index contributed by atoms with van der Waals surface area (Å²) in [5.74, 6) is 0. The summed E-state index contributed by atoms with van der Waals surface area (Å²) in [5.41, 5.74) is 8.60. The third-order valence-electron chi connectivity index (χ3n) is 2.92. The van der Waals surface area contributed by atoms with Gasteiger partial charge < -0.3 is 8.23 Å². The average molecular weight is 345 g/mol. The van der Waals surface area contributed by atoms with Crippen molar-refractivity contribution in [2.45, 2.75) is 52.4 Å². The summed E-state index contributed by atoms with van der Waals surface area (Å²) in [6.07, 6.45) is 0. The van der Waals surface area contributed by atoms with Crippen LogP contribution >= 0.6 is 0 Å². The molecule has 0 aliphatic carbocycles. The molecule has 0 heterocycles. The molecule has 2 nitrogen and oxygen atoms in total. The molecule has 0 saturated heterocycles. The van der Waals surface area contributed by atoms with Crippen LogP contribution in [0.2, 0.25) is 52.4 Å². The molecule has 0 N–H and O–H groups in total. The zero-order valence-corrected chi connectivity index (χ0v) is 18.5. The molecular weight excluding hydrogens is 312 g/mol. The van der Waals surface area contributed by atoms with E-state index in [-0.39, 0.29) is 0 Å². The molecule has 0 rings (SSSR count). The molecule has 0 saturated carbocycles.